The summed E-state index contributed by atoms with van der Waals surface area (Å²) < 4.78 is 13.1. The van der Waals surface area contributed by atoms with Crippen LogP contribution in [-0.4, -0.2) is 28.0 Å². The van der Waals surface area contributed by atoms with Gasteiger partial charge in [-0.3, -0.25) is 9.00 Å². The highest BCUT2D eigenvalue weighted by Gasteiger charge is 2.33. The SMILES string of the molecule is Cl.NCC1(NC(=O)CCCS(=O)c2ccc(Br)cc2)CCCC1. The summed E-state index contributed by atoms with van der Waals surface area (Å²) >= 11 is 3.36. The van der Waals surface area contributed by atoms with E-state index in [1.807, 2.05) is 24.3 Å². The molecule has 4 nitrogen and oxygen atoms in total. The van der Waals surface area contributed by atoms with Crippen LogP contribution in [0.2, 0.25) is 0 Å². The molecule has 1 fully saturated rings. The van der Waals surface area contributed by atoms with E-state index in [-0.39, 0.29) is 23.9 Å². The van der Waals surface area contributed by atoms with Crippen molar-refractivity contribution in [1.29, 1.82) is 0 Å². The van der Waals surface area contributed by atoms with Gasteiger partial charge in [0, 0.05) is 28.1 Å². The van der Waals surface area contributed by atoms with Gasteiger partial charge in [-0.05, 0) is 43.5 Å². The lowest BCUT2D eigenvalue weighted by molar-refractivity contribution is -0.122. The summed E-state index contributed by atoms with van der Waals surface area (Å²) in [6.07, 6.45) is 5.23. The van der Waals surface area contributed by atoms with E-state index >= 15 is 0 Å². The molecule has 1 atom stereocenters. The third kappa shape index (κ3) is 6.18. The molecule has 0 bridgehead atoms. The summed E-state index contributed by atoms with van der Waals surface area (Å²) in [4.78, 5) is 12.9. The topological polar surface area (TPSA) is 72.2 Å². The minimum absolute atomic E-state index is 0. The van der Waals surface area contributed by atoms with Crippen LogP contribution in [0, 0.1) is 0 Å². The van der Waals surface area contributed by atoms with Crippen molar-refractivity contribution in [3.63, 3.8) is 0 Å². The van der Waals surface area contributed by atoms with Crippen molar-refractivity contribution in [1.82, 2.24) is 5.32 Å². The number of benzene rings is 1. The number of carbonyl (C=O) groups excluding carboxylic acids is 1. The van der Waals surface area contributed by atoms with Crippen LogP contribution in [0.25, 0.3) is 0 Å². The summed E-state index contributed by atoms with van der Waals surface area (Å²) in [6.45, 7) is 0.504. The van der Waals surface area contributed by atoms with Gasteiger partial charge in [0.15, 0.2) is 0 Å². The molecule has 0 spiro atoms. The minimum Gasteiger partial charge on any atom is -0.349 e. The zero-order valence-corrected chi connectivity index (χ0v) is 16.3. The van der Waals surface area contributed by atoms with E-state index in [1.54, 1.807) is 0 Å². The molecule has 0 heterocycles. The number of carbonyl (C=O) groups is 1. The molecule has 130 valence electrons. The summed E-state index contributed by atoms with van der Waals surface area (Å²) in [5, 5.41) is 3.09. The minimum atomic E-state index is -1.05. The number of rotatable bonds is 7. The van der Waals surface area contributed by atoms with Crippen LogP contribution in [0.1, 0.15) is 38.5 Å². The standard InChI is InChI=1S/C16H23BrN2O2S.ClH/c17-13-5-7-14(8-6-13)22(21)11-3-4-15(20)19-16(12-18)9-1-2-10-16;/h5-8H,1-4,9-12,18H2,(H,19,20);1H. The van der Waals surface area contributed by atoms with Gasteiger partial charge in [0.05, 0.1) is 16.3 Å². The highest BCUT2D eigenvalue weighted by Crippen LogP contribution is 2.28. The Labute approximate surface area is 155 Å². The smallest absolute Gasteiger partial charge is 0.220 e. The highest BCUT2D eigenvalue weighted by molar-refractivity contribution is 9.10. The number of nitrogens with one attached hydrogen (secondary N) is 1. The fraction of sp³-hybridized carbons (Fsp3) is 0.562. The van der Waals surface area contributed by atoms with Crippen molar-refractivity contribution < 1.29 is 9.00 Å². The predicted molar refractivity (Wildman–Crippen MR) is 100 cm³/mol. The Kier molecular flexibility index (Phi) is 8.75. The highest BCUT2D eigenvalue weighted by atomic mass is 79.9. The monoisotopic (exact) mass is 422 g/mol. The lowest BCUT2D eigenvalue weighted by atomic mass is 9.97. The molecule has 0 aromatic heterocycles. The van der Waals surface area contributed by atoms with Crippen molar-refractivity contribution in [2.45, 2.75) is 49.0 Å². The predicted octanol–water partition coefficient (Wildman–Crippen LogP) is 3.15. The molecule has 0 aliphatic heterocycles. The van der Waals surface area contributed by atoms with Gasteiger partial charge in [-0.1, -0.05) is 28.8 Å². The number of nitrogens with two attached hydrogens (primary N) is 1. The Morgan fingerprint density at radius 3 is 2.43 bits per heavy atom. The third-order valence-corrected chi connectivity index (χ3v) is 6.15. The maximum absolute atomic E-state index is 12.1. The van der Waals surface area contributed by atoms with E-state index in [9.17, 15) is 9.00 Å². The average Bonchev–Trinajstić information content (AvgIpc) is 2.97. The first-order chi connectivity index (χ1) is 10.5. The van der Waals surface area contributed by atoms with Crippen LogP contribution in [0.15, 0.2) is 33.6 Å². The largest absolute Gasteiger partial charge is 0.349 e. The van der Waals surface area contributed by atoms with Gasteiger partial charge >= 0.3 is 0 Å². The molecule has 1 aromatic rings. The molecule has 0 saturated heterocycles. The quantitative estimate of drug-likeness (QED) is 0.707. The second kappa shape index (κ2) is 9.77. The fourth-order valence-corrected chi connectivity index (χ4v) is 4.20. The Balaban J connectivity index is 0.00000264. The summed E-state index contributed by atoms with van der Waals surface area (Å²) in [5.74, 6) is 0.533. The molecule has 1 amide bonds. The fourth-order valence-electron chi connectivity index (χ4n) is 2.86. The van der Waals surface area contributed by atoms with Crippen LogP contribution < -0.4 is 11.1 Å². The number of hydrogen-bond acceptors (Lipinski definition) is 3. The van der Waals surface area contributed by atoms with Gasteiger partial charge in [-0.15, -0.1) is 12.4 Å². The maximum atomic E-state index is 12.1. The molecule has 7 heteroatoms. The molecule has 1 aliphatic rings. The molecule has 2 rings (SSSR count). The average molecular weight is 424 g/mol. The van der Waals surface area contributed by atoms with Gasteiger partial charge in [-0.2, -0.15) is 0 Å². The Bertz CT molecular complexity index is 533. The van der Waals surface area contributed by atoms with Crippen LogP contribution in [-0.2, 0) is 15.6 Å². The van der Waals surface area contributed by atoms with Crippen LogP contribution in [0.5, 0.6) is 0 Å². The summed E-state index contributed by atoms with van der Waals surface area (Å²) in [5.41, 5.74) is 5.62. The Morgan fingerprint density at radius 2 is 1.87 bits per heavy atom. The van der Waals surface area contributed by atoms with E-state index in [4.69, 9.17) is 5.73 Å². The van der Waals surface area contributed by atoms with E-state index in [1.165, 1.54) is 0 Å². The first-order valence-electron chi connectivity index (χ1n) is 7.70. The summed E-state index contributed by atoms with van der Waals surface area (Å²) in [7, 11) is -1.05. The van der Waals surface area contributed by atoms with E-state index in [0.717, 1.165) is 35.1 Å². The Morgan fingerprint density at radius 1 is 1.26 bits per heavy atom. The van der Waals surface area contributed by atoms with Crippen molar-refractivity contribution in [2.24, 2.45) is 5.73 Å². The maximum Gasteiger partial charge on any atom is 0.220 e. The molecule has 1 saturated carbocycles. The lowest BCUT2D eigenvalue weighted by Gasteiger charge is -2.28. The van der Waals surface area contributed by atoms with E-state index in [2.05, 4.69) is 21.2 Å². The lowest BCUT2D eigenvalue weighted by Crippen LogP contribution is -2.51. The number of hydrogen-bond donors (Lipinski definition) is 2. The van der Waals surface area contributed by atoms with Gasteiger partial charge in [0.25, 0.3) is 0 Å². The second-order valence-corrected chi connectivity index (χ2v) is 8.33. The molecule has 1 unspecified atom stereocenters. The number of halogens is 2. The number of amides is 1. The zero-order valence-electron chi connectivity index (χ0n) is 13.1. The first-order valence-corrected chi connectivity index (χ1v) is 9.81. The molecule has 1 aromatic carbocycles. The molecule has 3 N–H and O–H groups in total. The van der Waals surface area contributed by atoms with Gasteiger partial charge < -0.3 is 11.1 Å². The molecular weight excluding hydrogens is 400 g/mol. The van der Waals surface area contributed by atoms with Crippen molar-refractivity contribution in [3.8, 4) is 0 Å². The van der Waals surface area contributed by atoms with Gasteiger partial charge in [0.1, 0.15) is 0 Å². The normalized spacial score (nSPS) is 17.3. The van der Waals surface area contributed by atoms with E-state index in [0.29, 0.717) is 25.1 Å². The second-order valence-electron chi connectivity index (χ2n) is 5.85. The molecule has 1 aliphatic carbocycles. The van der Waals surface area contributed by atoms with Crippen molar-refractivity contribution in [3.05, 3.63) is 28.7 Å². The van der Waals surface area contributed by atoms with Crippen LogP contribution >= 0.6 is 28.3 Å². The zero-order chi connectivity index (χ0) is 16.0. The van der Waals surface area contributed by atoms with Crippen LogP contribution in [0.4, 0.5) is 0 Å². The van der Waals surface area contributed by atoms with Gasteiger partial charge in [-0.25, -0.2) is 0 Å². The van der Waals surface area contributed by atoms with Gasteiger partial charge in [0.2, 0.25) is 5.91 Å². The molecule has 0 radical (unpaired) electrons. The van der Waals surface area contributed by atoms with E-state index < -0.39 is 10.8 Å². The summed E-state index contributed by atoms with van der Waals surface area (Å²) in [6, 6.07) is 7.46. The van der Waals surface area contributed by atoms with Crippen molar-refractivity contribution >= 4 is 45.0 Å². The van der Waals surface area contributed by atoms with Crippen LogP contribution in [0.3, 0.4) is 0 Å². The molecular formula is C16H24BrClN2O2S. The Hall–Kier alpha value is -0.430. The first kappa shape index (κ1) is 20.6. The van der Waals surface area contributed by atoms with Crippen molar-refractivity contribution in [2.75, 3.05) is 12.3 Å². The third-order valence-electron chi connectivity index (χ3n) is 4.17. The molecule has 23 heavy (non-hydrogen) atoms.